The Bertz CT molecular complexity index is 1830. The number of nitrogens with one attached hydrogen (secondary N) is 3. The van der Waals surface area contributed by atoms with E-state index in [2.05, 4.69) is 65.0 Å². The lowest BCUT2D eigenvalue weighted by atomic mass is 9.53. The minimum atomic E-state index is -1.23. The fraction of sp³-hybridized carbons (Fsp3) is 0.200. The molecule has 8 rings (SSSR count). The second kappa shape index (κ2) is 8.26. The van der Waals surface area contributed by atoms with Gasteiger partial charge in [-0.3, -0.25) is 14.9 Å². The maximum Gasteiger partial charge on any atom is 0.250 e. The SMILES string of the molecule is Cc1ccc2[nH]c3c(c2c1)CC[C@]1(C3=O)[C@@H](c2ccccc2)[C@@H](c2ccccc2)N[C@@]12C(=O)Nc1ccccc12. The molecule has 196 valence electrons. The van der Waals surface area contributed by atoms with Crippen LogP contribution in [-0.4, -0.2) is 16.7 Å². The van der Waals surface area contributed by atoms with Crippen molar-refractivity contribution in [1.29, 1.82) is 0 Å². The molecule has 4 atom stereocenters. The molecular weight excluding hydrogens is 494 g/mol. The van der Waals surface area contributed by atoms with E-state index in [4.69, 9.17) is 0 Å². The summed E-state index contributed by atoms with van der Waals surface area (Å²) in [5, 5.41) is 8.12. The summed E-state index contributed by atoms with van der Waals surface area (Å²) < 4.78 is 0. The van der Waals surface area contributed by atoms with Gasteiger partial charge in [0.2, 0.25) is 5.91 Å². The molecule has 1 saturated heterocycles. The molecule has 1 amide bonds. The lowest BCUT2D eigenvalue weighted by Gasteiger charge is -2.46. The fourth-order valence-corrected chi connectivity index (χ4v) is 8.01. The number of benzene rings is 4. The van der Waals surface area contributed by atoms with Crippen molar-refractivity contribution in [3.05, 3.63) is 137 Å². The first-order valence-corrected chi connectivity index (χ1v) is 14.0. The van der Waals surface area contributed by atoms with Crippen LogP contribution in [0.4, 0.5) is 5.69 Å². The third kappa shape index (κ3) is 2.85. The average molecular weight is 524 g/mol. The van der Waals surface area contributed by atoms with Gasteiger partial charge in [-0.25, -0.2) is 0 Å². The van der Waals surface area contributed by atoms with Crippen molar-refractivity contribution in [3.8, 4) is 0 Å². The molecule has 1 aromatic heterocycles. The Morgan fingerprint density at radius 1 is 0.800 bits per heavy atom. The van der Waals surface area contributed by atoms with Crippen LogP contribution in [-0.2, 0) is 16.8 Å². The molecule has 0 radical (unpaired) electrons. The van der Waals surface area contributed by atoms with E-state index >= 15 is 4.79 Å². The van der Waals surface area contributed by atoms with Gasteiger partial charge < -0.3 is 10.3 Å². The molecule has 1 aliphatic carbocycles. The predicted molar refractivity (Wildman–Crippen MR) is 156 cm³/mol. The molecule has 5 nitrogen and oxygen atoms in total. The summed E-state index contributed by atoms with van der Waals surface area (Å²) >= 11 is 0. The number of amides is 1. The summed E-state index contributed by atoms with van der Waals surface area (Å²) in [6.07, 6.45) is 1.26. The number of carbonyl (C=O) groups is 2. The Hall–Kier alpha value is -4.48. The molecule has 0 saturated carbocycles. The Labute approximate surface area is 232 Å². The van der Waals surface area contributed by atoms with E-state index < -0.39 is 11.0 Å². The van der Waals surface area contributed by atoms with Gasteiger partial charge in [-0.15, -0.1) is 0 Å². The van der Waals surface area contributed by atoms with E-state index in [-0.39, 0.29) is 23.7 Å². The Balaban J connectivity index is 1.46. The first kappa shape index (κ1) is 23.4. The summed E-state index contributed by atoms with van der Waals surface area (Å²) in [4.78, 5) is 33.2. The van der Waals surface area contributed by atoms with E-state index in [1.165, 1.54) is 0 Å². The van der Waals surface area contributed by atoms with Crippen LogP contribution in [0.1, 0.15) is 56.7 Å². The topological polar surface area (TPSA) is 74.0 Å². The summed E-state index contributed by atoms with van der Waals surface area (Å²) in [6, 6.07) is 34.4. The Kier molecular flexibility index (Phi) is 4.84. The molecule has 40 heavy (non-hydrogen) atoms. The second-order valence-corrected chi connectivity index (χ2v) is 11.5. The van der Waals surface area contributed by atoms with Gasteiger partial charge in [-0.2, -0.15) is 0 Å². The summed E-state index contributed by atoms with van der Waals surface area (Å²) in [7, 11) is 0. The number of aryl methyl sites for hydroxylation is 2. The first-order valence-electron chi connectivity index (χ1n) is 14.0. The number of fused-ring (bicyclic) bond motifs is 6. The zero-order chi connectivity index (χ0) is 27.1. The van der Waals surface area contributed by atoms with Gasteiger partial charge in [-0.05, 0) is 54.7 Å². The van der Waals surface area contributed by atoms with Crippen LogP contribution in [0.25, 0.3) is 10.9 Å². The number of carbonyl (C=O) groups excluding carboxylic acids is 2. The molecule has 0 bridgehead atoms. The molecule has 1 fully saturated rings. The number of hydrogen-bond acceptors (Lipinski definition) is 3. The molecule has 0 unspecified atom stereocenters. The fourth-order valence-electron chi connectivity index (χ4n) is 8.01. The standard InChI is InChI=1S/C35H29N3O2/c1-21-16-17-27-25(20-21)24-18-19-34(32(39)31(24)36-27)29(22-10-4-2-5-11-22)30(23-12-6-3-7-13-23)38-35(34)26-14-8-9-15-28(26)37-33(35)40/h2-17,20,29-30,36,38H,18-19H2,1H3,(H,37,40)/t29-,30+,34+,35-/m0/s1. The minimum Gasteiger partial charge on any atom is -0.352 e. The normalized spacial score (nSPS) is 26.8. The highest BCUT2D eigenvalue weighted by Crippen LogP contribution is 2.67. The van der Waals surface area contributed by atoms with E-state index in [1.54, 1.807) is 0 Å². The van der Waals surface area contributed by atoms with Crippen LogP contribution in [0, 0.1) is 12.3 Å². The van der Waals surface area contributed by atoms with Crippen molar-refractivity contribution in [2.75, 3.05) is 5.32 Å². The largest absolute Gasteiger partial charge is 0.352 e. The van der Waals surface area contributed by atoms with E-state index in [0.717, 1.165) is 44.4 Å². The molecule has 3 heterocycles. The van der Waals surface area contributed by atoms with E-state index in [9.17, 15) is 4.79 Å². The number of aromatic nitrogens is 1. The lowest BCUT2D eigenvalue weighted by Crippen LogP contribution is -2.59. The van der Waals surface area contributed by atoms with Crippen molar-refractivity contribution < 1.29 is 9.59 Å². The lowest BCUT2D eigenvalue weighted by molar-refractivity contribution is -0.125. The molecule has 4 aromatic carbocycles. The molecule has 3 aliphatic rings. The average Bonchev–Trinajstić information content (AvgIpc) is 3.61. The van der Waals surface area contributed by atoms with Crippen LogP contribution in [0.3, 0.4) is 0 Å². The third-order valence-corrected chi connectivity index (χ3v) is 9.61. The number of para-hydroxylation sites is 1. The first-order chi connectivity index (χ1) is 19.5. The van der Waals surface area contributed by atoms with Gasteiger partial charge in [0.05, 0.1) is 11.1 Å². The van der Waals surface area contributed by atoms with Crippen molar-refractivity contribution in [1.82, 2.24) is 10.3 Å². The van der Waals surface area contributed by atoms with Gasteiger partial charge in [0.25, 0.3) is 0 Å². The smallest absolute Gasteiger partial charge is 0.250 e. The van der Waals surface area contributed by atoms with E-state index in [0.29, 0.717) is 18.5 Å². The number of Topliss-reactive ketones (excluding diaryl/α,β-unsaturated/α-hetero) is 1. The van der Waals surface area contributed by atoms with Gasteiger partial charge in [0.1, 0.15) is 5.54 Å². The molecule has 3 N–H and O–H groups in total. The minimum absolute atomic E-state index is 0.00856. The second-order valence-electron chi connectivity index (χ2n) is 11.5. The van der Waals surface area contributed by atoms with Crippen molar-refractivity contribution in [2.45, 2.75) is 37.3 Å². The van der Waals surface area contributed by atoms with Gasteiger partial charge in [0.15, 0.2) is 5.78 Å². The van der Waals surface area contributed by atoms with E-state index in [1.807, 2.05) is 60.7 Å². The quantitative estimate of drug-likeness (QED) is 0.245. The Morgan fingerprint density at radius 3 is 2.27 bits per heavy atom. The molecular formula is C35H29N3O2. The third-order valence-electron chi connectivity index (χ3n) is 9.61. The monoisotopic (exact) mass is 523 g/mol. The number of aromatic amines is 1. The van der Waals surface area contributed by atoms with Crippen molar-refractivity contribution in [2.24, 2.45) is 5.41 Å². The molecule has 2 aliphatic heterocycles. The molecule has 2 spiro atoms. The Morgan fingerprint density at radius 2 is 1.50 bits per heavy atom. The predicted octanol–water partition coefficient (Wildman–Crippen LogP) is 6.57. The van der Waals surface area contributed by atoms with Crippen LogP contribution < -0.4 is 10.6 Å². The number of anilines is 1. The highest BCUT2D eigenvalue weighted by atomic mass is 16.2. The van der Waals surface area contributed by atoms with Gasteiger partial charge >= 0.3 is 0 Å². The van der Waals surface area contributed by atoms with Crippen molar-refractivity contribution >= 4 is 28.3 Å². The van der Waals surface area contributed by atoms with Crippen LogP contribution in [0.15, 0.2) is 103 Å². The zero-order valence-electron chi connectivity index (χ0n) is 22.2. The van der Waals surface area contributed by atoms with Gasteiger partial charge in [0, 0.05) is 34.1 Å². The highest BCUT2D eigenvalue weighted by molar-refractivity contribution is 6.16. The maximum atomic E-state index is 15.3. The molecule has 5 heteroatoms. The van der Waals surface area contributed by atoms with Crippen LogP contribution in [0.2, 0.25) is 0 Å². The van der Waals surface area contributed by atoms with Crippen LogP contribution in [0.5, 0.6) is 0 Å². The number of hydrogen-bond donors (Lipinski definition) is 3. The zero-order valence-corrected chi connectivity index (χ0v) is 22.2. The molecule has 5 aromatic rings. The van der Waals surface area contributed by atoms with Crippen molar-refractivity contribution in [3.63, 3.8) is 0 Å². The number of rotatable bonds is 2. The highest BCUT2D eigenvalue weighted by Gasteiger charge is 2.74. The summed E-state index contributed by atoms with van der Waals surface area (Å²) in [5.74, 6) is -0.423. The van der Waals surface area contributed by atoms with Gasteiger partial charge in [-0.1, -0.05) is 90.5 Å². The summed E-state index contributed by atoms with van der Waals surface area (Å²) in [6.45, 7) is 2.08. The number of ketones is 1. The summed E-state index contributed by atoms with van der Waals surface area (Å²) in [5.41, 5.74) is 5.28. The number of H-pyrrole nitrogens is 1. The maximum absolute atomic E-state index is 15.3. The van der Waals surface area contributed by atoms with Crippen LogP contribution >= 0.6 is 0 Å².